The summed E-state index contributed by atoms with van der Waals surface area (Å²) >= 11 is 0. The molecule has 3 rings (SSSR count). The predicted molar refractivity (Wildman–Crippen MR) is 62.5 cm³/mol. The van der Waals surface area contributed by atoms with Gasteiger partial charge in [0.05, 0.1) is 11.7 Å². The lowest BCUT2D eigenvalue weighted by atomic mass is 10.1. The van der Waals surface area contributed by atoms with Crippen LogP contribution in [0.5, 0.6) is 5.75 Å². The molecule has 1 aliphatic rings. The van der Waals surface area contributed by atoms with Crippen molar-refractivity contribution in [3.8, 4) is 5.75 Å². The Balaban J connectivity index is 2.07. The number of fused-ring (bicyclic) bond motifs is 2. The summed E-state index contributed by atoms with van der Waals surface area (Å²) < 4.78 is 5.97. The van der Waals surface area contributed by atoms with Crippen molar-refractivity contribution in [2.45, 2.75) is 26.0 Å². The Bertz CT molecular complexity index is 506. The Labute approximate surface area is 94.0 Å². The topological polar surface area (TPSA) is 49.9 Å². The van der Waals surface area contributed by atoms with Gasteiger partial charge in [-0.2, -0.15) is 5.10 Å². The normalized spacial score (nSPS) is 20.2. The van der Waals surface area contributed by atoms with Crippen molar-refractivity contribution < 1.29 is 4.74 Å². The molecule has 2 aromatic rings. The third-order valence-electron chi connectivity index (χ3n) is 3.06. The molecule has 2 N–H and O–H groups in total. The van der Waals surface area contributed by atoms with Gasteiger partial charge in [0.1, 0.15) is 11.9 Å². The highest BCUT2D eigenvalue weighted by atomic mass is 16.5. The van der Waals surface area contributed by atoms with E-state index in [0.29, 0.717) is 0 Å². The minimum Gasteiger partial charge on any atom is -0.489 e. The van der Waals surface area contributed by atoms with E-state index >= 15 is 0 Å². The molecule has 16 heavy (non-hydrogen) atoms. The minimum absolute atomic E-state index is 0.265. The molecule has 0 spiro atoms. The summed E-state index contributed by atoms with van der Waals surface area (Å²) in [6.45, 7) is 3.93. The van der Waals surface area contributed by atoms with E-state index in [1.807, 2.05) is 12.3 Å². The molecule has 1 aromatic carbocycles. The minimum atomic E-state index is 0.265. The summed E-state index contributed by atoms with van der Waals surface area (Å²) in [4.78, 5) is 0. The van der Waals surface area contributed by atoms with Gasteiger partial charge in [-0.1, -0.05) is 6.92 Å². The van der Waals surface area contributed by atoms with Gasteiger partial charge < -0.3 is 10.1 Å². The van der Waals surface area contributed by atoms with Gasteiger partial charge in [0.25, 0.3) is 0 Å². The van der Waals surface area contributed by atoms with E-state index in [9.17, 15) is 0 Å². The molecule has 1 aromatic heterocycles. The highest BCUT2D eigenvalue weighted by Gasteiger charge is 2.16. The van der Waals surface area contributed by atoms with Crippen molar-refractivity contribution >= 4 is 10.9 Å². The molecule has 4 heteroatoms. The number of H-pyrrole nitrogens is 1. The molecule has 0 amide bonds. The maximum Gasteiger partial charge on any atom is 0.126 e. The van der Waals surface area contributed by atoms with Gasteiger partial charge >= 0.3 is 0 Å². The van der Waals surface area contributed by atoms with Crippen LogP contribution in [0.3, 0.4) is 0 Å². The Morgan fingerprint density at radius 1 is 1.50 bits per heavy atom. The van der Waals surface area contributed by atoms with Crippen LogP contribution in [0.2, 0.25) is 0 Å². The molecule has 0 saturated heterocycles. The van der Waals surface area contributed by atoms with E-state index < -0.39 is 0 Å². The van der Waals surface area contributed by atoms with Gasteiger partial charge in [-0.15, -0.1) is 0 Å². The van der Waals surface area contributed by atoms with Gasteiger partial charge in [0.15, 0.2) is 0 Å². The quantitative estimate of drug-likeness (QED) is 0.766. The molecule has 0 radical (unpaired) electrons. The molecule has 0 fully saturated rings. The van der Waals surface area contributed by atoms with Gasteiger partial charge in [-0.25, -0.2) is 0 Å². The largest absolute Gasteiger partial charge is 0.489 e. The van der Waals surface area contributed by atoms with Gasteiger partial charge in [0, 0.05) is 30.1 Å². The van der Waals surface area contributed by atoms with Gasteiger partial charge in [-0.3, -0.25) is 5.10 Å². The number of aromatic amines is 1. The average molecular weight is 217 g/mol. The standard InChI is InChI=1S/C12H15N3O/c1-2-10-7-13-5-9-3-8-6-14-15-11(8)4-12(9)16-10/h3-4,6,10,13H,2,5,7H2,1H3,(H,14,15)/t10-/m1/s1. The maximum atomic E-state index is 5.97. The second-order valence-corrected chi connectivity index (χ2v) is 4.20. The van der Waals surface area contributed by atoms with E-state index in [4.69, 9.17) is 4.74 Å². The number of ether oxygens (including phenoxy) is 1. The molecule has 0 bridgehead atoms. The molecule has 1 aliphatic heterocycles. The molecular weight excluding hydrogens is 202 g/mol. The summed E-state index contributed by atoms with van der Waals surface area (Å²) in [5.74, 6) is 0.980. The molecular formula is C12H15N3O. The fourth-order valence-corrected chi connectivity index (χ4v) is 2.08. The second kappa shape index (κ2) is 3.79. The zero-order chi connectivity index (χ0) is 11.0. The summed E-state index contributed by atoms with van der Waals surface area (Å²) in [6, 6.07) is 4.19. The second-order valence-electron chi connectivity index (χ2n) is 4.20. The molecule has 1 atom stereocenters. The number of nitrogens with zero attached hydrogens (tertiary/aromatic N) is 1. The summed E-state index contributed by atoms with van der Waals surface area (Å²) in [5.41, 5.74) is 2.25. The molecule has 4 nitrogen and oxygen atoms in total. The van der Waals surface area contributed by atoms with Crippen molar-refractivity contribution in [1.82, 2.24) is 15.5 Å². The van der Waals surface area contributed by atoms with Crippen LogP contribution in [0.15, 0.2) is 18.3 Å². The van der Waals surface area contributed by atoms with E-state index in [-0.39, 0.29) is 6.10 Å². The first-order valence-electron chi connectivity index (χ1n) is 5.70. The SMILES string of the molecule is CC[C@@H]1CNCc2cc3cn[nH]c3cc2O1. The van der Waals surface area contributed by atoms with Crippen molar-refractivity contribution in [2.75, 3.05) is 6.54 Å². The first-order chi connectivity index (χ1) is 7.86. The number of benzene rings is 1. The Hall–Kier alpha value is -1.55. The van der Waals surface area contributed by atoms with Crippen molar-refractivity contribution in [3.63, 3.8) is 0 Å². The van der Waals surface area contributed by atoms with Crippen LogP contribution in [-0.2, 0) is 6.54 Å². The van der Waals surface area contributed by atoms with Crippen LogP contribution in [0.4, 0.5) is 0 Å². The van der Waals surface area contributed by atoms with Gasteiger partial charge in [-0.05, 0) is 12.5 Å². The number of hydrogen-bond donors (Lipinski definition) is 2. The zero-order valence-electron chi connectivity index (χ0n) is 9.29. The third-order valence-corrected chi connectivity index (χ3v) is 3.06. The molecule has 0 unspecified atom stereocenters. The van der Waals surface area contributed by atoms with Crippen LogP contribution in [0.25, 0.3) is 10.9 Å². The van der Waals surface area contributed by atoms with Crippen molar-refractivity contribution in [2.24, 2.45) is 0 Å². The van der Waals surface area contributed by atoms with E-state index in [2.05, 4.69) is 28.5 Å². The predicted octanol–water partition coefficient (Wildman–Crippen LogP) is 1.82. The summed E-state index contributed by atoms with van der Waals surface area (Å²) in [7, 11) is 0. The van der Waals surface area contributed by atoms with Crippen LogP contribution in [0, 0.1) is 0 Å². The maximum absolute atomic E-state index is 5.97. The fraction of sp³-hybridized carbons (Fsp3) is 0.417. The molecule has 84 valence electrons. The lowest BCUT2D eigenvalue weighted by Crippen LogP contribution is -2.27. The first kappa shape index (κ1) is 9.66. The zero-order valence-corrected chi connectivity index (χ0v) is 9.29. The summed E-state index contributed by atoms with van der Waals surface area (Å²) in [5, 5.41) is 11.6. The number of rotatable bonds is 1. The fourth-order valence-electron chi connectivity index (χ4n) is 2.08. The smallest absolute Gasteiger partial charge is 0.126 e. The van der Waals surface area contributed by atoms with E-state index in [1.165, 1.54) is 5.56 Å². The lowest BCUT2D eigenvalue weighted by Gasteiger charge is -2.14. The van der Waals surface area contributed by atoms with Crippen LogP contribution in [-0.4, -0.2) is 22.8 Å². The van der Waals surface area contributed by atoms with E-state index in [1.54, 1.807) is 0 Å². The van der Waals surface area contributed by atoms with Crippen molar-refractivity contribution in [3.05, 3.63) is 23.9 Å². The number of hydrogen-bond acceptors (Lipinski definition) is 3. The number of aromatic nitrogens is 2. The third kappa shape index (κ3) is 1.55. The lowest BCUT2D eigenvalue weighted by molar-refractivity contribution is 0.202. The Kier molecular flexibility index (Phi) is 2.29. The highest BCUT2D eigenvalue weighted by molar-refractivity contribution is 5.80. The molecule has 0 saturated carbocycles. The Morgan fingerprint density at radius 3 is 3.31 bits per heavy atom. The Morgan fingerprint density at radius 2 is 2.44 bits per heavy atom. The van der Waals surface area contributed by atoms with Crippen molar-refractivity contribution in [1.29, 1.82) is 0 Å². The van der Waals surface area contributed by atoms with Crippen LogP contribution >= 0.6 is 0 Å². The summed E-state index contributed by atoms with van der Waals surface area (Å²) in [6.07, 6.45) is 3.13. The van der Waals surface area contributed by atoms with E-state index in [0.717, 1.165) is 36.2 Å². The highest BCUT2D eigenvalue weighted by Crippen LogP contribution is 2.27. The molecule has 0 aliphatic carbocycles. The van der Waals surface area contributed by atoms with Crippen LogP contribution < -0.4 is 10.1 Å². The molecule has 2 heterocycles. The van der Waals surface area contributed by atoms with Crippen LogP contribution in [0.1, 0.15) is 18.9 Å². The monoisotopic (exact) mass is 217 g/mol. The average Bonchev–Trinajstić information content (AvgIpc) is 2.64. The number of nitrogens with one attached hydrogen (secondary N) is 2. The van der Waals surface area contributed by atoms with Gasteiger partial charge in [0.2, 0.25) is 0 Å². The first-order valence-corrected chi connectivity index (χ1v) is 5.70.